The monoisotopic (exact) mass is 510 g/mol. The molecule has 2 aromatic rings. The maximum absolute atomic E-state index is 12.4. The van der Waals surface area contributed by atoms with Gasteiger partial charge in [0.05, 0.1) is 16.5 Å². The van der Waals surface area contributed by atoms with Crippen LogP contribution in [0, 0.1) is 0 Å². The zero-order chi connectivity index (χ0) is 23.8. The number of aliphatic imine (C=N–C) groups is 1. The van der Waals surface area contributed by atoms with Crippen LogP contribution in [-0.2, 0) is 21.2 Å². The van der Waals surface area contributed by atoms with E-state index in [1.807, 2.05) is 24.3 Å². The normalized spacial score (nSPS) is 13.5. The highest BCUT2D eigenvalue weighted by Crippen LogP contribution is 2.25. The molecule has 33 heavy (non-hydrogen) atoms. The number of carbonyl (C=O) groups excluding carboxylic acids is 1. The number of hydrogen-bond donors (Lipinski definition) is 2. The molecule has 178 valence electrons. The molecule has 0 bridgehead atoms. The fourth-order valence-corrected chi connectivity index (χ4v) is 5.41. The number of amidine groups is 1. The summed E-state index contributed by atoms with van der Waals surface area (Å²) in [7, 11) is -1.76. The van der Waals surface area contributed by atoms with Crippen LogP contribution in [0.15, 0.2) is 52.4 Å². The van der Waals surface area contributed by atoms with Crippen molar-refractivity contribution in [3.05, 3.63) is 63.6 Å². The van der Waals surface area contributed by atoms with Gasteiger partial charge in [-0.15, -0.1) is 0 Å². The van der Waals surface area contributed by atoms with Crippen molar-refractivity contribution in [2.24, 2.45) is 4.99 Å². The molecule has 2 N–H and O–H groups in total. The van der Waals surface area contributed by atoms with E-state index in [0.717, 1.165) is 30.1 Å². The van der Waals surface area contributed by atoms with Crippen LogP contribution in [-0.4, -0.2) is 57.6 Å². The average molecular weight is 511 g/mol. The number of hydrogen-bond acceptors (Lipinski definition) is 6. The molecule has 1 heterocycles. The number of carbonyl (C=O) groups is 1. The van der Waals surface area contributed by atoms with E-state index in [-0.39, 0.29) is 21.7 Å². The third kappa shape index (κ3) is 7.43. The van der Waals surface area contributed by atoms with Gasteiger partial charge in [-0.3, -0.25) is 9.79 Å². The Morgan fingerprint density at radius 2 is 1.91 bits per heavy atom. The Hall–Kier alpha value is -2.13. The topological polar surface area (TPSA) is 90.9 Å². The van der Waals surface area contributed by atoms with E-state index in [9.17, 15) is 13.2 Å². The number of benzene rings is 2. The Morgan fingerprint density at radius 1 is 1.15 bits per heavy atom. The summed E-state index contributed by atoms with van der Waals surface area (Å²) in [6, 6.07) is 12.4. The molecule has 0 atom stereocenters. The molecule has 0 saturated heterocycles. The van der Waals surface area contributed by atoms with E-state index in [1.54, 1.807) is 11.9 Å². The molecule has 0 aliphatic carbocycles. The first-order valence-electron chi connectivity index (χ1n) is 10.8. The molecule has 0 aromatic heterocycles. The van der Waals surface area contributed by atoms with E-state index in [4.69, 9.17) is 23.2 Å². The highest BCUT2D eigenvalue weighted by Gasteiger charge is 2.18. The Bertz CT molecular complexity index is 1110. The van der Waals surface area contributed by atoms with E-state index in [2.05, 4.69) is 15.6 Å². The Balaban J connectivity index is 1.35. The molecule has 1 amide bonds. The molecule has 0 unspecified atom stereocenters. The molecular weight excluding hydrogens is 483 g/mol. The van der Waals surface area contributed by atoms with Gasteiger partial charge in [-0.25, -0.2) is 8.42 Å². The number of rotatable bonds is 11. The van der Waals surface area contributed by atoms with Crippen molar-refractivity contribution in [2.75, 3.05) is 32.6 Å². The second-order valence-electron chi connectivity index (χ2n) is 7.89. The van der Waals surface area contributed by atoms with Crippen molar-refractivity contribution in [1.82, 2.24) is 15.5 Å². The molecule has 0 fully saturated rings. The summed E-state index contributed by atoms with van der Waals surface area (Å²) >= 11 is 11.8. The first-order valence-corrected chi connectivity index (χ1v) is 13.2. The minimum Gasteiger partial charge on any atom is -0.368 e. The molecule has 7 nitrogen and oxygen atoms in total. The van der Waals surface area contributed by atoms with Crippen LogP contribution in [0.2, 0.25) is 10.0 Å². The van der Waals surface area contributed by atoms with Gasteiger partial charge in [-0.2, -0.15) is 0 Å². The quantitative estimate of drug-likeness (QED) is 0.451. The summed E-state index contributed by atoms with van der Waals surface area (Å²) in [6.45, 7) is 2.70. The van der Waals surface area contributed by atoms with Crippen LogP contribution in [0.5, 0.6) is 0 Å². The van der Waals surface area contributed by atoms with Crippen molar-refractivity contribution in [3.63, 3.8) is 0 Å². The van der Waals surface area contributed by atoms with Gasteiger partial charge >= 0.3 is 0 Å². The highest BCUT2D eigenvalue weighted by molar-refractivity contribution is 7.91. The predicted octanol–water partition coefficient (Wildman–Crippen LogP) is 3.49. The summed E-state index contributed by atoms with van der Waals surface area (Å²) < 4.78 is 24.8. The van der Waals surface area contributed by atoms with Crippen molar-refractivity contribution < 1.29 is 13.2 Å². The van der Waals surface area contributed by atoms with Crippen LogP contribution in [0.25, 0.3) is 0 Å². The number of amides is 1. The summed E-state index contributed by atoms with van der Waals surface area (Å²) in [5, 5.41) is 6.66. The van der Waals surface area contributed by atoms with E-state index in [0.29, 0.717) is 37.4 Å². The smallest absolute Gasteiger partial charge is 0.222 e. The SMILES string of the molecule is CN(Cc1ccc(C2=NCCN2)cc1)C(=O)CCCCNCS(=O)(=O)c1ccc(Cl)cc1Cl. The molecule has 10 heteroatoms. The third-order valence-corrected chi connectivity index (χ3v) is 7.53. The molecule has 0 saturated carbocycles. The summed E-state index contributed by atoms with van der Waals surface area (Å²) in [4.78, 5) is 18.6. The lowest BCUT2D eigenvalue weighted by Crippen LogP contribution is -2.27. The van der Waals surface area contributed by atoms with E-state index in [1.165, 1.54) is 18.2 Å². The van der Waals surface area contributed by atoms with E-state index < -0.39 is 9.84 Å². The fraction of sp³-hybridized carbons (Fsp3) is 0.391. The third-order valence-electron chi connectivity index (χ3n) is 5.26. The van der Waals surface area contributed by atoms with Crippen molar-refractivity contribution in [3.8, 4) is 0 Å². The molecule has 1 aliphatic heterocycles. The van der Waals surface area contributed by atoms with Gasteiger partial charge in [-0.05, 0) is 43.1 Å². The lowest BCUT2D eigenvalue weighted by Gasteiger charge is -2.17. The van der Waals surface area contributed by atoms with Gasteiger partial charge < -0.3 is 15.5 Å². The van der Waals surface area contributed by atoms with Crippen molar-refractivity contribution >= 4 is 44.8 Å². The van der Waals surface area contributed by atoms with Gasteiger partial charge in [0.1, 0.15) is 11.7 Å². The van der Waals surface area contributed by atoms with Crippen LogP contribution in [0.1, 0.15) is 30.4 Å². The summed E-state index contributed by atoms with van der Waals surface area (Å²) in [5.41, 5.74) is 2.11. The van der Waals surface area contributed by atoms with E-state index >= 15 is 0 Å². The zero-order valence-corrected chi connectivity index (χ0v) is 20.8. The minimum absolute atomic E-state index is 0.0541. The lowest BCUT2D eigenvalue weighted by atomic mass is 10.1. The largest absolute Gasteiger partial charge is 0.368 e. The molecule has 2 aromatic carbocycles. The zero-order valence-electron chi connectivity index (χ0n) is 18.5. The van der Waals surface area contributed by atoms with Gasteiger partial charge in [0.25, 0.3) is 0 Å². The Morgan fingerprint density at radius 3 is 2.58 bits per heavy atom. The van der Waals surface area contributed by atoms with Crippen LogP contribution in [0.4, 0.5) is 0 Å². The molecule has 1 aliphatic rings. The molecular formula is C23H28Cl2N4O3S. The lowest BCUT2D eigenvalue weighted by molar-refractivity contribution is -0.130. The molecule has 0 spiro atoms. The fourth-order valence-electron chi connectivity index (χ4n) is 3.45. The number of unbranched alkanes of at least 4 members (excludes halogenated alkanes) is 1. The number of nitrogens with one attached hydrogen (secondary N) is 2. The van der Waals surface area contributed by atoms with Gasteiger partial charge in [-0.1, -0.05) is 47.5 Å². The number of halogens is 2. The predicted molar refractivity (Wildman–Crippen MR) is 133 cm³/mol. The highest BCUT2D eigenvalue weighted by atomic mass is 35.5. The maximum atomic E-state index is 12.4. The van der Waals surface area contributed by atoms with Crippen LogP contribution < -0.4 is 10.6 Å². The average Bonchev–Trinajstić information content (AvgIpc) is 3.31. The summed E-state index contributed by atoms with van der Waals surface area (Å²) in [6.07, 6.45) is 1.77. The van der Waals surface area contributed by atoms with Crippen molar-refractivity contribution in [2.45, 2.75) is 30.7 Å². The number of sulfone groups is 1. The molecule has 0 radical (unpaired) electrons. The first-order chi connectivity index (χ1) is 15.8. The van der Waals surface area contributed by atoms with Crippen molar-refractivity contribution in [1.29, 1.82) is 0 Å². The van der Waals surface area contributed by atoms with Gasteiger partial charge in [0.15, 0.2) is 9.84 Å². The van der Waals surface area contributed by atoms with Crippen LogP contribution >= 0.6 is 23.2 Å². The Kier molecular flexibility index (Phi) is 9.14. The second-order valence-corrected chi connectivity index (χ2v) is 10.7. The first kappa shape index (κ1) is 25.5. The standard InChI is InChI=1S/C23H28Cl2N4O3S/c1-29(15-17-5-7-18(8-6-17)23-27-12-13-28-23)22(30)4-2-3-11-26-16-33(31,32)21-10-9-19(24)14-20(21)25/h5-10,14,26H,2-4,11-13,15-16H2,1H3,(H,27,28). The van der Waals surface area contributed by atoms with Gasteiger partial charge in [0, 0.05) is 37.1 Å². The maximum Gasteiger partial charge on any atom is 0.222 e. The number of nitrogens with zero attached hydrogens (tertiary/aromatic N) is 2. The minimum atomic E-state index is -3.56. The van der Waals surface area contributed by atoms with Gasteiger partial charge in [0.2, 0.25) is 5.91 Å². The second kappa shape index (κ2) is 11.8. The van der Waals surface area contributed by atoms with Crippen LogP contribution in [0.3, 0.4) is 0 Å². The molecule has 3 rings (SSSR count). The summed E-state index contributed by atoms with van der Waals surface area (Å²) in [5.74, 6) is 0.755. The Labute approximate surface area is 205 Å².